The Morgan fingerprint density at radius 2 is 1.76 bits per heavy atom. The van der Waals surface area contributed by atoms with Crippen molar-refractivity contribution >= 4 is 29.0 Å². The number of para-hydroxylation sites is 1. The number of benzene rings is 1. The maximum Gasteiger partial charge on any atom is 0.355 e. The van der Waals surface area contributed by atoms with Gasteiger partial charge in [0.15, 0.2) is 0 Å². The van der Waals surface area contributed by atoms with Crippen molar-refractivity contribution in [1.82, 2.24) is 15.0 Å². The summed E-state index contributed by atoms with van der Waals surface area (Å²) in [5.74, 6) is -3.32. The van der Waals surface area contributed by atoms with Crippen LogP contribution in [0.1, 0.15) is 11.4 Å². The fourth-order valence-corrected chi connectivity index (χ4v) is 2.68. The number of nitrogens with one attached hydrogen (secondary N) is 1. The average Bonchev–Trinajstić information content (AvgIpc) is 2.57. The summed E-state index contributed by atoms with van der Waals surface area (Å²) in [6.45, 7) is 0. The van der Waals surface area contributed by atoms with Gasteiger partial charge in [-0.25, -0.2) is 8.42 Å². The lowest BCUT2D eigenvalue weighted by Crippen LogP contribution is -2.25. The molecule has 0 aliphatic rings. The fourth-order valence-electron chi connectivity index (χ4n) is 2.02. The molecule has 0 unspecified atom stereocenters. The Balaban J connectivity index is 2.43. The summed E-state index contributed by atoms with van der Waals surface area (Å²) in [5, 5.41) is 0. The standard InChI is InChI=1S/C13H15BF2N4O4S/c1-23-12-17-9(18-13(19-12)24-2)6-7-4-3-5-8(14)10(7)20-25(21,22)11(15)16/h3-5,11,20H,6,14H2,1-2H3. The minimum absolute atomic E-state index is 0.0178. The summed E-state index contributed by atoms with van der Waals surface area (Å²) in [5.41, 5.74) is 0.954. The number of anilines is 1. The Kier molecular flexibility index (Phi) is 5.72. The summed E-state index contributed by atoms with van der Waals surface area (Å²) in [7, 11) is -0.465. The van der Waals surface area contributed by atoms with Crippen LogP contribution in [0.3, 0.4) is 0 Å². The SMILES string of the molecule is Bc1cccc(Cc2nc(OC)nc(OC)n2)c1NS(=O)(=O)C(F)F. The molecule has 0 saturated heterocycles. The number of rotatable bonds is 7. The van der Waals surface area contributed by atoms with Crippen LogP contribution in [0.4, 0.5) is 14.5 Å². The third kappa shape index (κ3) is 4.53. The number of halogens is 2. The molecular weight excluding hydrogens is 357 g/mol. The van der Waals surface area contributed by atoms with E-state index in [4.69, 9.17) is 9.47 Å². The van der Waals surface area contributed by atoms with E-state index < -0.39 is 15.8 Å². The first kappa shape index (κ1) is 18.8. The van der Waals surface area contributed by atoms with Gasteiger partial charge in [-0.15, -0.1) is 4.98 Å². The van der Waals surface area contributed by atoms with Crippen LogP contribution in [0.2, 0.25) is 0 Å². The summed E-state index contributed by atoms with van der Waals surface area (Å²) in [4.78, 5) is 12.0. The summed E-state index contributed by atoms with van der Waals surface area (Å²) in [6, 6.07) is 4.88. The highest BCUT2D eigenvalue weighted by Crippen LogP contribution is 2.20. The lowest BCUT2D eigenvalue weighted by atomic mass is 9.91. The molecule has 134 valence electrons. The van der Waals surface area contributed by atoms with Gasteiger partial charge in [-0.2, -0.15) is 18.7 Å². The van der Waals surface area contributed by atoms with Crippen molar-refractivity contribution < 1.29 is 26.7 Å². The average molecular weight is 372 g/mol. The highest BCUT2D eigenvalue weighted by atomic mass is 32.2. The van der Waals surface area contributed by atoms with Gasteiger partial charge in [0, 0.05) is 12.1 Å². The maximum absolute atomic E-state index is 12.7. The molecule has 0 aliphatic heterocycles. The second-order valence-electron chi connectivity index (χ2n) is 4.92. The van der Waals surface area contributed by atoms with Crippen LogP contribution < -0.4 is 19.7 Å². The molecule has 0 aliphatic carbocycles. The molecule has 1 N–H and O–H groups in total. The quantitative estimate of drug-likeness (QED) is 0.666. The number of hydrogen-bond acceptors (Lipinski definition) is 7. The van der Waals surface area contributed by atoms with Gasteiger partial charge in [-0.05, 0) is 5.56 Å². The zero-order valence-corrected chi connectivity index (χ0v) is 14.5. The topological polar surface area (TPSA) is 103 Å². The zero-order chi connectivity index (χ0) is 18.6. The Labute approximate surface area is 144 Å². The molecule has 8 nitrogen and oxygen atoms in total. The fraction of sp³-hybridized carbons (Fsp3) is 0.308. The van der Waals surface area contributed by atoms with E-state index in [9.17, 15) is 17.2 Å². The first-order valence-electron chi connectivity index (χ1n) is 6.98. The molecule has 0 fully saturated rings. The number of sulfonamides is 1. The Hall–Kier alpha value is -2.50. The van der Waals surface area contributed by atoms with Crippen LogP contribution in [0, 0.1) is 0 Å². The van der Waals surface area contributed by atoms with Crippen LogP contribution in [0.15, 0.2) is 18.2 Å². The maximum atomic E-state index is 12.7. The third-order valence-corrected chi connectivity index (χ3v) is 4.15. The van der Waals surface area contributed by atoms with E-state index in [1.807, 2.05) is 4.72 Å². The molecule has 2 rings (SSSR count). The second-order valence-corrected chi connectivity index (χ2v) is 6.57. The molecule has 0 amide bonds. The van der Waals surface area contributed by atoms with E-state index in [2.05, 4.69) is 15.0 Å². The van der Waals surface area contributed by atoms with Gasteiger partial charge in [-0.1, -0.05) is 23.7 Å². The number of ether oxygens (including phenoxy) is 2. The molecule has 1 aromatic heterocycles. The van der Waals surface area contributed by atoms with Gasteiger partial charge < -0.3 is 9.47 Å². The smallest absolute Gasteiger partial charge is 0.355 e. The number of aromatic nitrogens is 3. The van der Waals surface area contributed by atoms with Gasteiger partial charge >= 0.3 is 17.8 Å². The molecule has 12 heteroatoms. The summed E-state index contributed by atoms with van der Waals surface area (Å²) < 4.78 is 60.2. The number of alkyl halides is 2. The van der Waals surface area contributed by atoms with Crippen molar-refractivity contribution in [1.29, 1.82) is 0 Å². The zero-order valence-electron chi connectivity index (χ0n) is 13.7. The highest BCUT2D eigenvalue weighted by Gasteiger charge is 2.25. The van der Waals surface area contributed by atoms with Crippen molar-refractivity contribution in [2.24, 2.45) is 0 Å². The Bertz CT molecular complexity index is 845. The lowest BCUT2D eigenvalue weighted by molar-refractivity contribution is 0.236. The largest absolute Gasteiger partial charge is 0.467 e. The van der Waals surface area contributed by atoms with Crippen molar-refractivity contribution in [3.05, 3.63) is 29.6 Å². The van der Waals surface area contributed by atoms with Gasteiger partial charge in [0.1, 0.15) is 13.7 Å². The molecule has 1 heterocycles. The van der Waals surface area contributed by atoms with Gasteiger partial charge in [0.2, 0.25) is 0 Å². The predicted molar refractivity (Wildman–Crippen MR) is 88.9 cm³/mol. The van der Waals surface area contributed by atoms with Crippen molar-refractivity contribution in [3.8, 4) is 12.0 Å². The van der Waals surface area contributed by atoms with E-state index in [-0.39, 0.29) is 30.0 Å². The molecule has 25 heavy (non-hydrogen) atoms. The van der Waals surface area contributed by atoms with Crippen LogP contribution in [0.25, 0.3) is 0 Å². The Morgan fingerprint density at radius 1 is 1.16 bits per heavy atom. The normalized spacial score (nSPS) is 11.4. The molecule has 0 radical (unpaired) electrons. The van der Waals surface area contributed by atoms with Crippen molar-refractivity contribution in [2.75, 3.05) is 18.9 Å². The van der Waals surface area contributed by atoms with Crippen LogP contribution in [-0.2, 0) is 16.4 Å². The molecule has 0 atom stereocenters. The molecule has 0 spiro atoms. The first-order valence-corrected chi connectivity index (χ1v) is 8.52. The van der Waals surface area contributed by atoms with E-state index in [1.165, 1.54) is 14.2 Å². The molecular formula is C13H15BF2N4O4S. The van der Waals surface area contributed by atoms with Crippen molar-refractivity contribution in [3.63, 3.8) is 0 Å². The van der Waals surface area contributed by atoms with E-state index in [1.54, 1.807) is 26.0 Å². The molecule has 2 aromatic rings. The van der Waals surface area contributed by atoms with E-state index in [0.717, 1.165) is 0 Å². The Morgan fingerprint density at radius 3 is 2.28 bits per heavy atom. The van der Waals surface area contributed by atoms with Crippen LogP contribution in [-0.4, -0.2) is 51.2 Å². The number of hydrogen-bond donors (Lipinski definition) is 1. The monoisotopic (exact) mass is 372 g/mol. The van der Waals surface area contributed by atoms with E-state index >= 15 is 0 Å². The highest BCUT2D eigenvalue weighted by molar-refractivity contribution is 7.93. The van der Waals surface area contributed by atoms with Crippen LogP contribution in [0.5, 0.6) is 12.0 Å². The molecule has 0 saturated carbocycles. The number of nitrogens with zero attached hydrogens (tertiary/aromatic N) is 3. The van der Waals surface area contributed by atoms with Crippen molar-refractivity contribution in [2.45, 2.75) is 12.2 Å². The lowest BCUT2D eigenvalue weighted by Gasteiger charge is -2.15. The first-order chi connectivity index (χ1) is 11.8. The predicted octanol–water partition coefficient (Wildman–Crippen LogP) is -0.298. The molecule has 0 bridgehead atoms. The third-order valence-electron chi connectivity index (χ3n) is 3.19. The second kappa shape index (κ2) is 7.59. The van der Waals surface area contributed by atoms with E-state index in [0.29, 0.717) is 11.0 Å². The minimum atomic E-state index is -4.80. The summed E-state index contributed by atoms with van der Waals surface area (Å²) >= 11 is 0. The number of methoxy groups -OCH3 is 2. The van der Waals surface area contributed by atoms with Gasteiger partial charge in [0.05, 0.1) is 14.2 Å². The minimum Gasteiger partial charge on any atom is -0.467 e. The van der Waals surface area contributed by atoms with Crippen LogP contribution >= 0.6 is 0 Å². The molecule has 1 aromatic carbocycles. The van der Waals surface area contributed by atoms with Gasteiger partial charge in [-0.3, -0.25) is 4.72 Å². The summed E-state index contributed by atoms with van der Waals surface area (Å²) in [6.07, 6.45) is 0.0536. The van der Waals surface area contributed by atoms with Gasteiger partial charge in [0.25, 0.3) is 10.0 Å².